The summed E-state index contributed by atoms with van der Waals surface area (Å²) in [5.41, 5.74) is 6.96. The summed E-state index contributed by atoms with van der Waals surface area (Å²) in [5, 5.41) is 0. The number of Topliss-reactive ketones (excluding diaryl/α,β-unsaturated/α-hetero) is 1. The number of nitrogens with two attached hydrogens (primary N) is 1. The highest BCUT2D eigenvalue weighted by Crippen LogP contribution is 2.23. The molecule has 0 bridgehead atoms. The highest BCUT2D eigenvalue weighted by atomic mass is 16.5. The van der Waals surface area contributed by atoms with Crippen molar-refractivity contribution in [2.45, 2.75) is 33.1 Å². The predicted molar refractivity (Wildman–Crippen MR) is 70.4 cm³/mol. The Morgan fingerprint density at radius 1 is 1.35 bits per heavy atom. The van der Waals surface area contributed by atoms with E-state index < -0.39 is 0 Å². The van der Waals surface area contributed by atoms with Crippen molar-refractivity contribution < 1.29 is 9.53 Å². The van der Waals surface area contributed by atoms with Crippen molar-refractivity contribution >= 4 is 11.5 Å². The Kier molecular flexibility index (Phi) is 5.01. The maximum atomic E-state index is 12.1. The van der Waals surface area contributed by atoms with Crippen molar-refractivity contribution in [3.8, 4) is 5.75 Å². The standard InChI is InChI=1S/C14H21NO2/c1-4-10(5-2)8-14(16)12-7-6-11(17-3)9-13(12)15/h6-7,9-10H,4-5,8,15H2,1-3H3. The third kappa shape index (κ3) is 3.48. The molecule has 1 aromatic rings. The molecule has 0 spiro atoms. The first-order valence-electron chi connectivity index (χ1n) is 6.09. The van der Waals surface area contributed by atoms with Gasteiger partial charge in [-0.1, -0.05) is 26.7 Å². The third-order valence-corrected chi connectivity index (χ3v) is 3.19. The van der Waals surface area contributed by atoms with Gasteiger partial charge in [-0.2, -0.15) is 0 Å². The number of ether oxygens (including phenoxy) is 1. The van der Waals surface area contributed by atoms with Crippen molar-refractivity contribution in [1.82, 2.24) is 0 Å². The Hall–Kier alpha value is -1.51. The number of hydrogen-bond donors (Lipinski definition) is 1. The molecule has 0 saturated heterocycles. The molecule has 1 aromatic carbocycles. The quantitative estimate of drug-likeness (QED) is 0.608. The summed E-state index contributed by atoms with van der Waals surface area (Å²) in [7, 11) is 1.58. The van der Waals surface area contributed by atoms with Gasteiger partial charge in [-0.3, -0.25) is 4.79 Å². The van der Waals surface area contributed by atoms with Crippen LogP contribution in [0.15, 0.2) is 18.2 Å². The molecule has 0 heterocycles. The van der Waals surface area contributed by atoms with E-state index in [0.29, 0.717) is 29.3 Å². The van der Waals surface area contributed by atoms with Gasteiger partial charge in [0.2, 0.25) is 0 Å². The predicted octanol–water partition coefficient (Wildman–Crippen LogP) is 3.29. The molecule has 2 N–H and O–H groups in total. The number of nitrogen functional groups attached to an aromatic ring is 1. The van der Waals surface area contributed by atoms with Gasteiger partial charge in [0.15, 0.2) is 5.78 Å². The van der Waals surface area contributed by atoms with Gasteiger partial charge in [-0.25, -0.2) is 0 Å². The Balaban J connectivity index is 2.82. The second-order valence-corrected chi connectivity index (χ2v) is 4.26. The number of ketones is 1. The van der Waals surface area contributed by atoms with Crippen LogP contribution in [-0.4, -0.2) is 12.9 Å². The number of benzene rings is 1. The molecule has 0 saturated carbocycles. The van der Waals surface area contributed by atoms with Crippen LogP contribution in [0.1, 0.15) is 43.5 Å². The number of methoxy groups -OCH3 is 1. The van der Waals surface area contributed by atoms with E-state index in [1.807, 2.05) is 0 Å². The summed E-state index contributed by atoms with van der Waals surface area (Å²) in [5.74, 6) is 1.25. The van der Waals surface area contributed by atoms with Gasteiger partial charge in [0, 0.05) is 23.7 Å². The van der Waals surface area contributed by atoms with Crippen LogP contribution < -0.4 is 10.5 Å². The lowest BCUT2D eigenvalue weighted by atomic mass is 9.93. The average molecular weight is 235 g/mol. The second-order valence-electron chi connectivity index (χ2n) is 4.26. The Labute approximate surface area is 103 Å². The molecular formula is C14H21NO2. The van der Waals surface area contributed by atoms with Crippen LogP contribution in [0.2, 0.25) is 0 Å². The van der Waals surface area contributed by atoms with E-state index in [0.717, 1.165) is 12.8 Å². The van der Waals surface area contributed by atoms with Gasteiger partial charge in [-0.15, -0.1) is 0 Å². The fraction of sp³-hybridized carbons (Fsp3) is 0.500. The Morgan fingerprint density at radius 2 is 2.00 bits per heavy atom. The van der Waals surface area contributed by atoms with Crippen molar-refractivity contribution in [1.29, 1.82) is 0 Å². The average Bonchev–Trinajstić information content (AvgIpc) is 2.35. The molecule has 0 radical (unpaired) electrons. The fourth-order valence-electron chi connectivity index (χ4n) is 1.87. The molecule has 3 nitrogen and oxygen atoms in total. The van der Waals surface area contributed by atoms with Gasteiger partial charge in [0.25, 0.3) is 0 Å². The molecule has 1 rings (SSSR count). The van der Waals surface area contributed by atoms with Gasteiger partial charge >= 0.3 is 0 Å². The van der Waals surface area contributed by atoms with E-state index in [9.17, 15) is 4.79 Å². The van der Waals surface area contributed by atoms with E-state index >= 15 is 0 Å². The molecule has 0 unspecified atom stereocenters. The van der Waals surface area contributed by atoms with Crippen molar-refractivity contribution in [3.63, 3.8) is 0 Å². The smallest absolute Gasteiger partial charge is 0.165 e. The van der Waals surface area contributed by atoms with E-state index in [2.05, 4.69) is 13.8 Å². The molecule has 0 aromatic heterocycles. The third-order valence-electron chi connectivity index (χ3n) is 3.19. The lowest BCUT2D eigenvalue weighted by Crippen LogP contribution is -2.09. The van der Waals surface area contributed by atoms with Crippen LogP contribution in [0.5, 0.6) is 5.75 Å². The van der Waals surface area contributed by atoms with E-state index in [-0.39, 0.29) is 5.78 Å². The highest BCUT2D eigenvalue weighted by molar-refractivity contribution is 6.01. The summed E-state index contributed by atoms with van der Waals surface area (Å²) in [6.45, 7) is 4.22. The van der Waals surface area contributed by atoms with Gasteiger partial charge < -0.3 is 10.5 Å². The highest BCUT2D eigenvalue weighted by Gasteiger charge is 2.14. The summed E-state index contributed by atoms with van der Waals surface area (Å²) in [4.78, 5) is 12.1. The van der Waals surface area contributed by atoms with Gasteiger partial charge in [0.05, 0.1) is 7.11 Å². The molecular weight excluding hydrogens is 214 g/mol. The fourth-order valence-corrected chi connectivity index (χ4v) is 1.87. The van der Waals surface area contributed by atoms with E-state index in [4.69, 9.17) is 10.5 Å². The van der Waals surface area contributed by atoms with Gasteiger partial charge in [0.1, 0.15) is 5.75 Å². The van der Waals surface area contributed by atoms with Crippen molar-refractivity contribution in [3.05, 3.63) is 23.8 Å². The minimum absolute atomic E-state index is 0.124. The lowest BCUT2D eigenvalue weighted by molar-refractivity contribution is 0.0959. The molecule has 0 aliphatic rings. The molecule has 0 fully saturated rings. The van der Waals surface area contributed by atoms with Crippen molar-refractivity contribution in [2.24, 2.45) is 5.92 Å². The largest absolute Gasteiger partial charge is 0.497 e. The maximum absolute atomic E-state index is 12.1. The topological polar surface area (TPSA) is 52.3 Å². The molecule has 94 valence electrons. The van der Waals surface area contributed by atoms with Crippen LogP contribution in [0.4, 0.5) is 5.69 Å². The van der Waals surface area contributed by atoms with Crippen molar-refractivity contribution in [2.75, 3.05) is 12.8 Å². The SMILES string of the molecule is CCC(CC)CC(=O)c1ccc(OC)cc1N. The van der Waals surface area contributed by atoms with Crippen LogP contribution >= 0.6 is 0 Å². The van der Waals surface area contributed by atoms with Crippen LogP contribution in [0, 0.1) is 5.92 Å². The number of carbonyl (C=O) groups excluding carboxylic acids is 1. The molecule has 0 aliphatic carbocycles. The number of hydrogen-bond acceptors (Lipinski definition) is 3. The minimum Gasteiger partial charge on any atom is -0.497 e. The summed E-state index contributed by atoms with van der Waals surface area (Å²) in [6.07, 6.45) is 2.63. The minimum atomic E-state index is 0.124. The van der Waals surface area contributed by atoms with Crippen LogP contribution in [-0.2, 0) is 0 Å². The molecule has 3 heteroatoms. The summed E-state index contributed by atoms with van der Waals surface area (Å²) in [6, 6.07) is 5.22. The summed E-state index contributed by atoms with van der Waals surface area (Å²) < 4.78 is 5.06. The zero-order valence-electron chi connectivity index (χ0n) is 10.8. The number of anilines is 1. The first kappa shape index (κ1) is 13.6. The van der Waals surface area contributed by atoms with E-state index in [1.54, 1.807) is 25.3 Å². The lowest BCUT2D eigenvalue weighted by Gasteiger charge is -2.12. The number of rotatable bonds is 6. The first-order chi connectivity index (χ1) is 8.12. The molecule has 0 aliphatic heterocycles. The zero-order valence-corrected chi connectivity index (χ0v) is 10.8. The summed E-state index contributed by atoms with van der Waals surface area (Å²) >= 11 is 0. The van der Waals surface area contributed by atoms with Gasteiger partial charge in [-0.05, 0) is 18.1 Å². The monoisotopic (exact) mass is 235 g/mol. The number of carbonyl (C=O) groups is 1. The van der Waals surface area contributed by atoms with Crippen LogP contribution in [0.3, 0.4) is 0 Å². The van der Waals surface area contributed by atoms with E-state index in [1.165, 1.54) is 0 Å². The first-order valence-corrected chi connectivity index (χ1v) is 6.09. The Morgan fingerprint density at radius 3 is 2.47 bits per heavy atom. The maximum Gasteiger partial charge on any atom is 0.165 e. The molecule has 17 heavy (non-hydrogen) atoms. The normalized spacial score (nSPS) is 10.6. The zero-order chi connectivity index (χ0) is 12.8. The van der Waals surface area contributed by atoms with Crippen LogP contribution in [0.25, 0.3) is 0 Å². The molecule has 0 atom stereocenters. The Bertz CT molecular complexity index is 384. The second kappa shape index (κ2) is 6.28. The molecule has 0 amide bonds.